The molecule has 0 spiro atoms. The Labute approximate surface area is 218 Å². The molecule has 0 saturated heterocycles. The molecule has 1 fully saturated rings. The average Bonchev–Trinajstić information content (AvgIpc) is 3.28. The van der Waals surface area contributed by atoms with Gasteiger partial charge in [-0.05, 0) is 91.3 Å². The van der Waals surface area contributed by atoms with E-state index < -0.39 is 28.8 Å². The summed E-state index contributed by atoms with van der Waals surface area (Å²) < 4.78 is 17.8. The topological polar surface area (TPSA) is 113 Å². The summed E-state index contributed by atoms with van der Waals surface area (Å²) in [6, 6.07) is 3.84. The molecule has 1 aliphatic rings. The number of hydrogen-bond donors (Lipinski definition) is 0. The van der Waals surface area contributed by atoms with E-state index in [1.807, 2.05) is 25.3 Å². The maximum Gasteiger partial charge on any atom is 0.419 e. The number of rotatable bonds is 7. The summed E-state index contributed by atoms with van der Waals surface area (Å²) in [5.74, 6) is 0.310. The Kier molecular flexibility index (Phi) is 8.00. The van der Waals surface area contributed by atoms with E-state index >= 15 is 0 Å². The number of pyridine rings is 1. The Morgan fingerprint density at radius 1 is 1.08 bits per heavy atom. The molecule has 2 atom stereocenters. The number of nitrogens with zero attached hydrogens (tertiary/aromatic N) is 4. The molecule has 0 N–H and O–H groups in total. The first kappa shape index (κ1) is 28.1. The van der Waals surface area contributed by atoms with Gasteiger partial charge in [-0.25, -0.2) is 24.5 Å². The molecule has 1 saturated carbocycles. The highest BCUT2D eigenvalue weighted by atomic mass is 16.6. The van der Waals surface area contributed by atoms with E-state index in [0.29, 0.717) is 30.8 Å². The van der Waals surface area contributed by atoms with Crippen molar-refractivity contribution in [3.8, 4) is 5.82 Å². The molecule has 37 heavy (non-hydrogen) atoms. The van der Waals surface area contributed by atoms with Crippen LogP contribution < -0.4 is 0 Å². The number of methoxy groups -OCH3 is 1. The third-order valence-corrected chi connectivity index (χ3v) is 6.02. The second-order valence-corrected chi connectivity index (χ2v) is 11.5. The van der Waals surface area contributed by atoms with E-state index in [2.05, 4.69) is 9.97 Å². The first-order valence-corrected chi connectivity index (χ1v) is 12.5. The SMILES string of the molecule is COC(=O)[C@]1(c2cn(-c3cc(C)ccn3)cn2)C[C@@H]1CCCN(C(=O)OC(C)(C)C)C(=O)OC(C)(C)C. The van der Waals surface area contributed by atoms with Gasteiger partial charge in [0.15, 0.2) is 0 Å². The van der Waals surface area contributed by atoms with Crippen molar-refractivity contribution < 1.29 is 28.6 Å². The largest absolute Gasteiger partial charge is 0.468 e. The standard InChI is InChI=1S/C27H38N4O6/c1-18-11-12-28-21(14-18)30-16-20(29-17-30)27(22(32)35-8)15-19(27)10-9-13-31(23(33)36-25(2,3)4)24(34)37-26(5,6)7/h11-12,14,16-17,19H,9-10,13,15H2,1-8H3/t19-,27+/m0/s1. The average molecular weight is 515 g/mol. The lowest BCUT2D eigenvalue weighted by molar-refractivity contribution is -0.144. The van der Waals surface area contributed by atoms with Crippen LogP contribution in [0, 0.1) is 12.8 Å². The number of amides is 2. The van der Waals surface area contributed by atoms with Crippen molar-refractivity contribution in [3.63, 3.8) is 0 Å². The zero-order chi connectivity index (χ0) is 27.6. The molecule has 2 heterocycles. The Morgan fingerprint density at radius 2 is 1.70 bits per heavy atom. The van der Waals surface area contributed by atoms with Gasteiger partial charge in [0.25, 0.3) is 0 Å². The summed E-state index contributed by atoms with van der Waals surface area (Å²) in [5, 5.41) is 0. The molecule has 0 aromatic carbocycles. The number of hydrogen-bond acceptors (Lipinski definition) is 8. The van der Waals surface area contributed by atoms with Gasteiger partial charge in [-0.3, -0.25) is 9.36 Å². The van der Waals surface area contributed by atoms with Crippen molar-refractivity contribution in [2.45, 2.75) is 84.3 Å². The zero-order valence-electron chi connectivity index (χ0n) is 23.0. The highest BCUT2D eigenvalue weighted by Gasteiger charge is 2.63. The van der Waals surface area contributed by atoms with Crippen LogP contribution >= 0.6 is 0 Å². The van der Waals surface area contributed by atoms with Crippen molar-refractivity contribution in [1.82, 2.24) is 19.4 Å². The van der Waals surface area contributed by atoms with Crippen LogP contribution in [0.5, 0.6) is 0 Å². The maximum atomic E-state index is 12.9. The molecule has 1 aliphatic carbocycles. The van der Waals surface area contributed by atoms with Crippen molar-refractivity contribution in [2.24, 2.45) is 5.92 Å². The zero-order valence-corrected chi connectivity index (χ0v) is 23.0. The van der Waals surface area contributed by atoms with Gasteiger partial charge in [0.05, 0.1) is 12.8 Å². The Balaban J connectivity index is 1.72. The number of carbonyl (C=O) groups excluding carboxylic acids is 3. The second kappa shape index (κ2) is 10.5. The van der Waals surface area contributed by atoms with Crippen LogP contribution in [-0.4, -0.2) is 62.4 Å². The molecule has 10 heteroatoms. The van der Waals surface area contributed by atoms with E-state index in [0.717, 1.165) is 10.5 Å². The summed E-state index contributed by atoms with van der Waals surface area (Å²) in [5.41, 5.74) is -0.722. The van der Waals surface area contributed by atoms with Gasteiger partial charge >= 0.3 is 18.2 Å². The summed E-state index contributed by atoms with van der Waals surface area (Å²) in [6.07, 6.45) is 5.26. The monoisotopic (exact) mass is 514 g/mol. The maximum absolute atomic E-state index is 12.9. The summed E-state index contributed by atoms with van der Waals surface area (Å²) >= 11 is 0. The molecule has 2 aromatic heterocycles. The molecule has 0 radical (unpaired) electrons. The van der Waals surface area contributed by atoms with Gasteiger partial charge in [0.1, 0.15) is 28.8 Å². The van der Waals surface area contributed by atoms with Crippen LogP contribution in [0.15, 0.2) is 30.9 Å². The summed E-state index contributed by atoms with van der Waals surface area (Å²) in [4.78, 5) is 48.3. The Morgan fingerprint density at radius 3 is 2.24 bits per heavy atom. The number of aromatic nitrogens is 3. The van der Waals surface area contributed by atoms with Crippen LogP contribution in [-0.2, 0) is 24.4 Å². The van der Waals surface area contributed by atoms with E-state index in [1.54, 1.807) is 58.6 Å². The molecule has 2 amide bonds. The van der Waals surface area contributed by atoms with Gasteiger partial charge in [0.2, 0.25) is 0 Å². The van der Waals surface area contributed by atoms with Gasteiger partial charge in [0, 0.05) is 18.9 Å². The second-order valence-electron chi connectivity index (χ2n) is 11.5. The Bertz CT molecular complexity index is 1120. The smallest absolute Gasteiger partial charge is 0.419 e. The summed E-state index contributed by atoms with van der Waals surface area (Å²) in [7, 11) is 1.37. The Hall–Kier alpha value is -3.43. The molecule has 2 aromatic rings. The van der Waals surface area contributed by atoms with E-state index in [4.69, 9.17) is 14.2 Å². The lowest BCUT2D eigenvalue weighted by Crippen LogP contribution is -2.44. The molecular weight excluding hydrogens is 476 g/mol. The van der Waals surface area contributed by atoms with E-state index in [9.17, 15) is 14.4 Å². The molecule has 0 aliphatic heterocycles. The first-order valence-electron chi connectivity index (χ1n) is 12.5. The summed E-state index contributed by atoms with van der Waals surface area (Å²) in [6.45, 7) is 12.5. The first-order chi connectivity index (χ1) is 17.2. The number of ether oxygens (including phenoxy) is 3. The number of aryl methyl sites for hydroxylation is 1. The molecule has 202 valence electrons. The predicted octanol–water partition coefficient (Wildman–Crippen LogP) is 4.96. The third kappa shape index (κ3) is 6.87. The minimum atomic E-state index is -0.869. The minimum absolute atomic E-state index is 0.0482. The molecule has 0 unspecified atom stereocenters. The number of imidazole rings is 1. The third-order valence-electron chi connectivity index (χ3n) is 6.02. The minimum Gasteiger partial charge on any atom is -0.468 e. The van der Waals surface area contributed by atoms with Gasteiger partial charge in [-0.15, -0.1) is 0 Å². The number of esters is 1. The highest BCUT2D eigenvalue weighted by molar-refractivity contribution is 5.88. The molecular formula is C27H38N4O6. The van der Waals surface area contributed by atoms with Crippen LogP contribution in [0.4, 0.5) is 9.59 Å². The fraction of sp³-hybridized carbons (Fsp3) is 0.593. The predicted molar refractivity (Wildman–Crippen MR) is 136 cm³/mol. The van der Waals surface area contributed by atoms with Crippen LogP contribution in [0.25, 0.3) is 5.82 Å². The van der Waals surface area contributed by atoms with E-state index in [1.165, 1.54) is 7.11 Å². The number of imide groups is 1. The molecule has 10 nitrogen and oxygen atoms in total. The molecule has 3 rings (SSSR count). The van der Waals surface area contributed by atoms with Gasteiger partial charge in [-0.1, -0.05) is 0 Å². The van der Waals surface area contributed by atoms with Crippen LogP contribution in [0.2, 0.25) is 0 Å². The quantitative estimate of drug-likeness (QED) is 0.376. The highest BCUT2D eigenvalue weighted by Crippen LogP contribution is 2.57. The van der Waals surface area contributed by atoms with Gasteiger partial charge < -0.3 is 14.2 Å². The van der Waals surface area contributed by atoms with E-state index in [-0.39, 0.29) is 18.4 Å². The van der Waals surface area contributed by atoms with Crippen molar-refractivity contribution in [3.05, 3.63) is 42.1 Å². The molecule has 0 bridgehead atoms. The normalized spacial score (nSPS) is 19.2. The lowest BCUT2D eigenvalue weighted by Gasteiger charge is -2.28. The van der Waals surface area contributed by atoms with Crippen molar-refractivity contribution >= 4 is 18.2 Å². The lowest BCUT2D eigenvalue weighted by atomic mass is 9.97. The van der Waals surface area contributed by atoms with Gasteiger partial charge in [-0.2, -0.15) is 0 Å². The van der Waals surface area contributed by atoms with Crippen molar-refractivity contribution in [2.75, 3.05) is 13.7 Å². The van der Waals surface area contributed by atoms with Crippen molar-refractivity contribution in [1.29, 1.82) is 0 Å². The fourth-order valence-corrected chi connectivity index (χ4v) is 4.26. The van der Waals surface area contributed by atoms with Crippen LogP contribution in [0.3, 0.4) is 0 Å². The fourth-order valence-electron chi connectivity index (χ4n) is 4.26. The number of carbonyl (C=O) groups is 3. The van der Waals surface area contributed by atoms with Crippen LogP contribution in [0.1, 0.15) is 72.1 Å².